The van der Waals surface area contributed by atoms with Gasteiger partial charge in [-0.2, -0.15) is 5.10 Å². The van der Waals surface area contributed by atoms with Gasteiger partial charge in [0.05, 0.1) is 16.8 Å². The fraction of sp³-hybridized carbons (Fsp3) is 0.182. The highest BCUT2D eigenvalue weighted by molar-refractivity contribution is 6.30. The molecular weight excluding hydrogens is 231 g/mol. The van der Waals surface area contributed by atoms with Crippen molar-refractivity contribution in [3.8, 4) is 5.69 Å². The fourth-order valence-corrected chi connectivity index (χ4v) is 1.67. The maximum absolute atomic E-state index is 13.4. The molecule has 0 aliphatic rings. The number of aliphatic hydroxyl groups excluding tert-OH is 1. The van der Waals surface area contributed by atoms with E-state index in [9.17, 15) is 9.50 Å². The minimum atomic E-state index is -0.739. The topological polar surface area (TPSA) is 38.0 Å². The zero-order chi connectivity index (χ0) is 11.7. The first-order chi connectivity index (χ1) is 7.59. The average molecular weight is 241 g/mol. The van der Waals surface area contributed by atoms with E-state index >= 15 is 0 Å². The van der Waals surface area contributed by atoms with Crippen molar-refractivity contribution in [3.05, 3.63) is 47.0 Å². The summed E-state index contributed by atoms with van der Waals surface area (Å²) in [4.78, 5) is 0. The van der Waals surface area contributed by atoms with Gasteiger partial charge in [0.25, 0.3) is 0 Å². The molecule has 0 aliphatic heterocycles. The van der Waals surface area contributed by atoms with Gasteiger partial charge < -0.3 is 5.11 Å². The van der Waals surface area contributed by atoms with Crippen LogP contribution in [0.5, 0.6) is 0 Å². The summed E-state index contributed by atoms with van der Waals surface area (Å²) in [5, 5.41) is 13.6. The predicted molar refractivity (Wildman–Crippen MR) is 59.2 cm³/mol. The molecule has 84 valence electrons. The fourth-order valence-electron chi connectivity index (χ4n) is 1.50. The predicted octanol–water partition coefficient (Wildman–Crippen LogP) is 2.72. The van der Waals surface area contributed by atoms with Crippen LogP contribution in [0.1, 0.15) is 18.6 Å². The Morgan fingerprint density at radius 2 is 2.25 bits per heavy atom. The SMILES string of the molecule is CC(O)c1cc(Cl)c(F)cc1-n1cccn1. The number of aromatic nitrogens is 2. The highest BCUT2D eigenvalue weighted by atomic mass is 35.5. The van der Waals surface area contributed by atoms with E-state index in [2.05, 4.69) is 5.10 Å². The van der Waals surface area contributed by atoms with E-state index in [4.69, 9.17) is 11.6 Å². The van der Waals surface area contributed by atoms with Crippen molar-refractivity contribution < 1.29 is 9.50 Å². The largest absolute Gasteiger partial charge is 0.389 e. The molecule has 3 nitrogen and oxygen atoms in total. The first-order valence-corrected chi connectivity index (χ1v) is 5.14. The van der Waals surface area contributed by atoms with Crippen LogP contribution in [0.2, 0.25) is 5.02 Å². The minimum Gasteiger partial charge on any atom is -0.389 e. The molecule has 1 N–H and O–H groups in total. The second-order valence-electron chi connectivity index (χ2n) is 3.45. The number of rotatable bonds is 2. The standard InChI is InChI=1S/C11H10ClFN2O/c1-7(16)8-5-9(12)10(13)6-11(8)15-4-2-3-14-15/h2-7,16H,1H3. The maximum atomic E-state index is 13.4. The molecule has 1 unspecified atom stereocenters. The Kier molecular flexibility index (Phi) is 2.94. The van der Waals surface area contributed by atoms with Crippen molar-refractivity contribution in [2.24, 2.45) is 0 Å². The summed E-state index contributed by atoms with van der Waals surface area (Å²) < 4.78 is 14.8. The van der Waals surface area contributed by atoms with Crippen LogP contribution < -0.4 is 0 Å². The smallest absolute Gasteiger partial charge is 0.143 e. The number of hydrogen-bond acceptors (Lipinski definition) is 2. The summed E-state index contributed by atoms with van der Waals surface area (Å²) in [7, 11) is 0. The Morgan fingerprint density at radius 3 is 2.81 bits per heavy atom. The van der Waals surface area contributed by atoms with Crippen LogP contribution >= 0.6 is 11.6 Å². The third-order valence-electron chi connectivity index (χ3n) is 2.27. The molecule has 0 saturated carbocycles. The van der Waals surface area contributed by atoms with E-state index in [1.54, 1.807) is 25.4 Å². The summed E-state index contributed by atoms with van der Waals surface area (Å²) in [5.41, 5.74) is 1.03. The highest BCUT2D eigenvalue weighted by Crippen LogP contribution is 2.27. The van der Waals surface area contributed by atoms with Gasteiger partial charge in [0.1, 0.15) is 5.82 Å². The van der Waals surface area contributed by atoms with Gasteiger partial charge in [-0.25, -0.2) is 9.07 Å². The van der Waals surface area contributed by atoms with Crippen LogP contribution in [-0.2, 0) is 0 Å². The molecular formula is C11H10ClFN2O. The molecule has 1 heterocycles. The van der Waals surface area contributed by atoms with E-state index in [1.165, 1.54) is 16.8 Å². The Balaban J connectivity index is 2.63. The Labute approximate surface area is 97.1 Å². The van der Waals surface area contributed by atoms with Crippen LogP contribution in [0, 0.1) is 5.82 Å². The van der Waals surface area contributed by atoms with E-state index in [0.717, 1.165) is 0 Å². The van der Waals surface area contributed by atoms with Gasteiger partial charge in [0, 0.05) is 24.0 Å². The van der Waals surface area contributed by atoms with Crippen LogP contribution in [0.25, 0.3) is 5.69 Å². The van der Waals surface area contributed by atoms with Crippen molar-refractivity contribution in [1.29, 1.82) is 0 Å². The van der Waals surface area contributed by atoms with Gasteiger partial charge in [-0.05, 0) is 19.1 Å². The molecule has 2 aromatic rings. The molecule has 1 aromatic carbocycles. The zero-order valence-corrected chi connectivity index (χ0v) is 9.32. The molecule has 0 saturated heterocycles. The molecule has 0 spiro atoms. The zero-order valence-electron chi connectivity index (χ0n) is 8.56. The summed E-state index contributed by atoms with van der Waals surface area (Å²) in [6, 6.07) is 4.40. The van der Waals surface area contributed by atoms with Crippen molar-refractivity contribution in [3.63, 3.8) is 0 Å². The van der Waals surface area contributed by atoms with E-state index < -0.39 is 11.9 Å². The average Bonchev–Trinajstić information content (AvgIpc) is 2.74. The molecule has 1 atom stereocenters. The van der Waals surface area contributed by atoms with E-state index in [-0.39, 0.29) is 5.02 Å². The first-order valence-electron chi connectivity index (χ1n) is 4.76. The molecule has 0 fully saturated rings. The number of hydrogen-bond donors (Lipinski definition) is 1. The highest BCUT2D eigenvalue weighted by Gasteiger charge is 2.14. The van der Waals surface area contributed by atoms with Crippen LogP contribution in [0.4, 0.5) is 4.39 Å². The molecule has 5 heteroatoms. The minimum absolute atomic E-state index is 0.00759. The van der Waals surface area contributed by atoms with Crippen molar-refractivity contribution in [2.75, 3.05) is 0 Å². The molecule has 16 heavy (non-hydrogen) atoms. The molecule has 2 rings (SSSR count). The van der Waals surface area contributed by atoms with Gasteiger partial charge in [-0.3, -0.25) is 0 Å². The lowest BCUT2D eigenvalue weighted by atomic mass is 10.1. The number of halogens is 2. The lowest BCUT2D eigenvalue weighted by Gasteiger charge is -2.13. The quantitative estimate of drug-likeness (QED) is 0.877. The summed E-state index contributed by atoms with van der Waals surface area (Å²) in [6.07, 6.45) is 2.52. The normalized spacial score (nSPS) is 12.8. The van der Waals surface area contributed by atoms with Gasteiger partial charge in [0.15, 0.2) is 0 Å². The van der Waals surface area contributed by atoms with Crippen molar-refractivity contribution in [2.45, 2.75) is 13.0 Å². The third-order valence-corrected chi connectivity index (χ3v) is 2.56. The van der Waals surface area contributed by atoms with Gasteiger partial charge >= 0.3 is 0 Å². The Morgan fingerprint density at radius 1 is 1.50 bits per heavy atom. The summed E-state index contributed by atoms with van der Waals surface area (Å²) >= 11 is 5.68. The summed E-state index contributed by atoms with van der Waals surface area (Å²) in [6.45, 7) is 1.59. The third kappa shape index (κ3) is 1.94. The molecule has 0 bridgehead atoms. The number of nitrogens with zero attached hydrogens (tertiary/aromatic N) is 2. The van der Waals surface area contributed by atoms with Crippen molar-refractivity contribution in [1.82, 2.24) is 9.78 Å². The van der Waals surface area contributed by atoms with Gasteiger partial charge in [-0.15, -0.1) is 0 Å². The second kappa shape index (κ2) is 4.23. The van der Waals surface area contributed by atoms with Gasteiger partial charge in [-0.1, -0.05) is 11.6 Å². The molecule has 0 aliphatic carbocycles. The first kappa shape index (κ1) is 11.1. The van der Waals surface area contributed by atoms with Crippen LogP contribution in [-0.4, -0.2) is 14.9 Å². The lowest BCUT2D eigenvalue weighted by molar-refractivity contribution is 0.199. The monoisotopic (exact) mass is 240 g/mol. The Bertz CT molecular complexity index is 497. The number of aliphatic hydroxyl groups is 1. The van der Waals surface area contributed by atoms with Gasteiger partial charge in [0.2, 0.25) is 0 Å². The van der Waals surface area contributed by atoms with Crippen LogP contribution in [0.3, 0.4) is 0 Å². The lowest BCUT2D eigenvalue weighted by Crippen LogP contribution is -2.04. The van der Waals surface area contributed by atoms with Crippen molar-refractivity contribution >= 4 is 11.6 Å². The van der Waals surface area contributed by atoms with Crippen LogP contribution in [0.15, 0.2) is 30.6 Å². The van der Waals surface area contributed by atoms with E-state index in [1.807, 2.05) is 0 Å². The molecule has 1 aromatic heterocycles. The number of benzene rings is 1. The molecule has 0 amide bonds. The summed E-state index contributed by atoms with van der Waals surface area (Å²) in [5.74, 6) is -0.531. The maximum Gasteiger partial charge on any atom is 0.143 e. The second-order valence-corrected chi connectivity index (χ2v) is 3.86. The Hall–Kier alpha value is -1.39. The molecule has 0 radical (unpaired) electrons. The van der Waals surface area contributed by atoms with E-state index in [0.29, 0.717) is 11.3 Å².